The molecule has 0 radical (unpaired) electrons. The van der Waals surface area contributed by atoms with E-state index < -0.39 is 49.9 Å². The highest BCUT2D eigenvalue weighted by Crippen LogP contribution is 2.51. The second-order valence-electron chi connectivity index (χ2n) is 10.2. The van der Waals surface area contributed by atoms with Gasteiger partial charge in [-0.1, -0.05) is 54.6 Å². The van der Waals surface area contributed by atoms with E-state index in [1.165, 1.54) is 17.7 Å². The Bertz CT molecular complexity index is 1690. The van der Waals surface area contributed by atoms with Crippen LogP contribution >= 0.6 is 7.99 Å². The molecule has 232 valence electrons. The van der Waals surface area contributed by atoms with Gasteiger partial charge in [0.2, 0.25) is 0 Å². The number of nitrogens with one attached hydrogen (secondary N) is 1. The van der Waals surface area contributed by atoms with E-state index in [1.54, 1.807) is 38.5 Å². The fraction of sp³-hybridized carbons (Fsp3) is 0.290. The first-order chi connectivity index (χ1) is 21.0. The number of ether oxygens (including phenoxy) is 4. The predicted octanol–water partition coefficient (Wildman–Crippen LogP) is 5.59. The van der Waals surface area contributed by atoms with Gasteiger partial charge in [-0.2, -0.15) is 0 Å². The Labute approximate surface area is 251 Å². The van der Waals surface area contributed by atoms with E-state index in [-0.39, 0.29) is 12.0 Å². The van der Waals surface area contributed by atoms with Crippen molar-refractivity contribution in [3.05, 3.63) is 128 Å². The molecule has 44 heavy (non-hydrogen) atoms. The Morgan fingerprint density at radius 3 is 1.98 bits per heavy atom. The number of hydrogen-bond acceptors (Lipinski definition) is 8. The summed E-state index contributed by atoms with van der Waals surface area (Å²) in [7, 11) is -2.78. The molecule has 1 aliphatic heterocycles. The zero-order valence-electron chi connectivity index (χ0n) is 24.1. The Hall–Kier alpha value is -4.09. The highest BCUT2D eigenvalue weighted by Gasteiger charge is 2.47. The molecule has 2 heterocycles. The molecule has 0 aliphatic carbocycles. The largest absolute Gasteiger partial charge is 0.552 e. The maximum absolute atomic E-state index is 13.5. The fourth-order valence-electron chi connectivity index (χ4n) is 5.36. The van der Waals surface area contributed by atoms with Gasteiger partial charge in [-0.25, -0.2) is 9.36 Å². The van der Waals surface area contributed by atoms with E-state index in [1.807, 2.05) is 54.6 Å². The zero-order valence-corrected chi connectivity index (χ0v) is 25.0. The summed E-state index contributed by atoms with van der Waals surface area (Å²) >= 11 is 0. The van der Waals surface area contributed by atoms with Crippen LogP contribution in [-0.4, -0.2) is 42.6 Å². The van der Waals surface area contributed by atoms with Gasteiger partial charge in [-0.15, -0.1) is 8.39 Å². The number of aromatic nitrogens is 2. The number of halogens is 2. The molecule has 1 aliphatic rings. The van der Waals surface area contributed by atoms with Crippen LogP contribution < -0.4 is 20.7 Å². The van der Waals surface area contributed by atoms with Crippen molar-refractivity contribution in [2.45, 2.75) is 37.4 Å². The van der Waals surface area contributed by atoms with E-state index in [0.29, 0.717) is 28.2 Å². The molecule has 3 atom stereocenters. The van der Waals surface area contributed by atoms with Crippen LogP contribution in [0.4, 0.5) is 8.39 Å². The Morgan fingerprint density at radius 1 is 0.909 bits per heavy atom. The molecular weight excluding hydrogens is 597 g/mol. The molecule has 1 aromatic heterocycles. The van der Waals surface area contributed by atoms with Crippen LogP contribution in [-0.2, 0) is 24.2 Å². The monoisotopic (exact) mass is 628 g/mol. The molecule has 3 aromatic carbocycles. The Kier molecular flexibility index (Phi) is 9.17. The highest BCUT2D eigenvalue weighted by atomic mass is 31.2. The number of rotatable bonds is 11. The first kappa shape index (κ1) is 31.3. The lowest BCUT2D eigenvalue weighted by Gasteiger charge is -2.39. The van der Waals surface area contributed by atoms with Gasteiger partial charge in [0.05, 0.1) is 26.9 Å². The average molecular weight is 629 g/mol. The van der Waals surface area contributed by atoms with Crippen molar-refractivity contribution in [3.8, 4) is 11.5 Å². The molecule has 4 aromatic rings. The van der Waals surface area contributed by atoms with E-state index >= 15 is 0 Å². The van der Waals surface area contributed by atoms with Crippen molar-refractivity contribution < 1.29 is 36.4 Å². The third kappa shape index (κ3) is 6.53. The van der Waals surface area contributed by atoms with Crippen molar-refractivity contribution in [3.63, 3.8) is 0 Å². The van der Waals surface area contributed by atoms with Gasteiger partial charge in [-0.05, 0) is 47.9 Å². The minimum Gasteiger partial charge on any atom is -0.497 e. The normalized spacial score (nSPS) is 18.7. The Morgan fingerprint density at radius 2 is 1.45 bits per heavy atom. The van der Waals surface area contributed by atoms with Crippen molar-refractivity contribution in [1.29, 1.82) is 0 Å². The number of H-pyrrole nitrogens is 1. The summed E-state index contributed by atoms with van der Waals surface area (Å²) in [5.74, 6) is 1.21. The highest BCUT2D eigenvalue weighted by molar-refractivity contribution is 7.47. The fourth-order valence-corrected chi connectivity index (χ4v) is 5.68. The van der Waals surface area contributed by atoms with Gasteiger partial charge in [-0.3, -0.25) is 18.9 Å². The van der Waals surface area contributed by atoms with Crippen LogP contribution in [0, 0.1) is 6.92 Å². The smallest absolute Gasteiger partial charge is 0.497 e. The topological polar surface area (TPSA) is 118 Å². The molecule has 0 spiro atoms. The first-order valence-corrected chi connectivity index (χ1v) is 15.1. The molecule has 1 saturated heterocycles. The van der Waals surface area contributed by atoms with Crippen molar-refractivity contribution in [2.75, 3.05) is 20.8 Å². The molecule has 0 bridgehead atoms. The molecule has 5 rings (SSSR count). The summed E-state index contributed by atoms with van der Waals surface area (Å²) in [6, 6.07) is 23.7. The van der Waals surface area contributed by atoms with Gasteiger partial charge in [0, 0.05) is 18.2 Å². The third-order valence-electron chi connectivity index (χ3n) is 7.53. The summed E-state index contributed by atoms with van der Waals surface area (Å²) in [6.45, 7) is 0.743. The quantitative estimate of drug-likeness (QED) is 0.169. The van der Waals surface area contributed by atoms with Crippen LogP contribution in [0.2, 0.25) is 0 Å². The summed E-state index contributed by atoms with van der Waals surface area (Å²) in [6.07, 6.45) is -1.84. The van der Waals surface area contributed by atoms with Crippen molar-refractivity contribution >= 4 is 7.99 Å². The van der Waals surface area contributed by atoms with Gasteiger partial charge >= 0.3 is 13.7 Å². The SMILES string of the molecule is COc1ccc(C(O[C@H]2C[C@H](n3cc(C)c(=O)[nH]c3=O)O[C@@H]2COP(=O)(F)F)(c2ccccc2)c2ccc(OC)cc2)cc1. The Balaban J connectivity index is 1.67. The van der Waals surface area contributed by atoms with Crippen molar-refractivity contribution in [1.82, 2.24) is 9.55 Å². The van der Waals surface area contributed by atoms with E-state index in [0.717, 1.165) is 0 Å². The lowest BCUT2D eigenvalue weighted by Crippen LogP contribution is -2.41. The van der Waals surface area contributed by atoms with E-state index in [9.17, 15) is 22.5 Å². The number of methoxy groups -OCH3 is 2. The zero-order chi connectivity index (χ0) is 31.5. The minimum absolute atomic E-state index is 0.00316. The maximum Gasteiger partial charge on any atom is 0.552 e. The maximum atomic E-state index is 13.5. The summed E-state index contributed by atoms with van der Waals surface area (Å²) in [5.41, 5.74) is -0.341. The molecular formula is C31H31F2N2O8P. The molecule has 0 unspecified atom stereocenters. The van der Waals surface area contributed by atoms with Crippen LogP contribution in [0.1, 0.15) is 34.9 Å². The number of benzene rings is 3. The molecule has 0 saturated carbocycles. The predicted molar refractivity (Wildman–Crippen MR) is 158 cm³/mol. The van der Waals surface area contributed by atoms with Crippen LogP contribution in [0.15, 0.2) is 94.6 Å². The lowest BCUT2D eigenvalue weighted by atomic mass is 9.79. The van der Waals surface area contributed by atoms with Gasteiger partial charge in [0.1, 0.15) is 29.4 Å². The van der Waals surface area contributed by atoms with Crippen LogP contribution in [0.3, 0.4) is 0 Å². The van der Waals surface area contributed by atoms with Crippen LogP contribution in [0.5, 0.6) is 11.5 Å². The number of hydrogen-bond donors (Lipinski definition) is 1. The molecule has 1 fully saturated rings. The second kappa shape index (κ2) is 12.9. The molecule has 10 nitrogen and oxygen atoms in total. The first-order valence-electron chi connectivity index (χ1n) is 13.7. The van der Waals surface area contributed by atoms with E-state index in [2.05, 4.69) is 9.51 Å². The summed E-state index contributed by atoms with van der Waals surface area (Å²) < 4.78 is 67.7. The van der Waals surface area contributed by atoms with Crippen LogP contribution in [0.25, 0.3) is 0 Å². The molecule has 0 amide bonds. The summed E-state index contributed by atoms with van der Waals surface area (Å²) in [4.78, 5) is 27.0. The number of aromatic amines is 1. The van der Waals surface area contributed by atoms with Gasteiger partial charge in [0.25, 0.3) is 5.56 Å². The minimum atomic E-state index is -5.88. The molecule has 1 N–H and O–H groups in total. The standard InChI is InChI=1S/C31H31F2N2O8P/c1-20-18-35(30(37)34-29(20)36)28-17-26(27(42-28)19-41-44(32,33)38)43-31(21-7-5-4-6-8-21,22-9-13-24(39-2)14-10-22)23-11-15-25(40-3)16-12-23/h4-16,18,26-28H,17,19H2,1-3H3,(H,34,36,37)/t26-,27+,28+/m0/s1. The average Bonchev–Trinajstić information content (AvgIpc) is 3.43. The second-order valence-corrected chi connectivity index (χ2v) is 11.3. The molecule has 13 heteroatoms. The number of aryl methyl sites for hydroxylation is 1. The third-order valence-corrected chi connectivity index (χ3v) is 7.98. The van der Waals surface area contributed by atoms with Gasteiger partial charge < -0.3 is 18.9 Å². The summed E-state index contributed by atoms with van der Waals surface area (Å²) in [5, 5.41) is 0. The van der Waals surface area contributed by atoms with E-state index in [4.69, 9.17) is 18.9 Å². The van der Waals surface area contributed by atoms with Crippen molar-refractivity contribution in [2.24, 2.45) is 0 Å². The van der Waals surface area contributed by atoms with Gasteiger partial charge in [0.15, 0.2) is 0 Å². The lowest BCUT2D eigenvalue weighted by molar-refractivity contribution is -0.0974. The number of nitrogens with zero attached hydrogens (tertiary/aromatic N) is 1.